The van der Waals surface area contributed by atoms with Crippen molar-refractivity contribution < 1.29 is 8.42 Å². The average molecular weight is 294 g/mol. The number of hydrogen-bond donors (Lipinski definition) is 1. The van der Waals surface area contributed by atoms with Crippen LogP contribution in [0.5, 0.6) is 0 Å². The van der Waals surface area contributed by atoms with E-state index in [0.717, 1.165) is 36.8 Å². The number of rotatable bonds is 5. The molecule has 0 aliphatic heterocycles. The van der Waals surface area contributed by atoms with Crippen molar-refractivity contribution in [1.29, 1.82) is 0 Å². The molecule has 1 aromatic rings. The fraction of sp³-hybridized carbons (Fsp3) is 0.600. The Morgan fingerprint density at radius 3 is 2.30 bits per heavy atom. The van der Waals surface area contributed by atoms with Gasteiger partial charge in [-0.15, -0.1) is 0 Å². The lowest BCUT2D eigenvalue weighted by Crippen LogP contribution is -2.35. The third kappa shape index (κ3) is 2.44. The highest BCUT2D eigenvalue weighted by Crippen LogP contribution is 2.40. The topological polar surface area (TPSA) is 63.4 Å². The molecule has 0 aromatic heterocycles. The molecule has 2 aliphatic rings. The number of nitrogens with zero attached hydrogens (tertiary/aromatic N) is 1. The minimum Gasteiger partial charge on any atom is -0.397 e. The highest BCUT2D eigenvalue weighted by molar-refractivity contribution is 7.89. The molecule has 2 aliphatic carbocycles. The van der Waals surface area contributed by atoms with E-state index in [1.807, 2.05) is 26.0 Å². The van der Waals surface area contributed by atoms with Crippen molar-refractivity contribution in [2.45, 2.75) is 50.5 Å². The molecule has 1 aromatic carbocycles. The first-order chi connectivity index (χ1) is 9.41. The van der Waals surface area contributed by atoms with Crippen LogP contribution < -0.4 is 5.73 Å². The van der Waals surface area contributed by atoms with Gasteiger partial charge in [0.2, 0.25) is 10.0 Å². The maximum Gasteiger partial charge on any atom is 0.245 e. The first-order valence-corrected chi connectivity index (χ1v) is 8.73. The van der Waals surface area contributed by atoms with Crippen LogP contribution in [0.15, 0.2) is 17.0 Å². The zero-order valence-electron chi connectivity index (χ0n) is 12.1. The standard InChI is InChI=1S/C15H22N2O2S/c1-10-3-4-11(2)15(14(10)16)20(18,19)17(13-7-8-13)9-12-5-6-12/h3-4,12-13H,5-9,16H2,1-2H3. The van der Waals surface area contributed by atoms with E-state index < -0.39 is 10.0 Å². The van der Waals surface area contributed by atoms with Crippen molar-refractivity contribution in [3.8, 4) is 0 Å². The van der Waals surface area contributed by atoms with Crippen molar-refractivity contribution >= 4 is 15.7 Å². The van der Waals surface area contributed by atoms with Gasteiger partial charge >= 0.3 is 0 Å². The Hall–Kier alpha value is -1.07. The number of nitrogens with two attached hydrogens (primary N) is 1. The number of benzene rings is 1. The molecule has 3 rings (SSSR count). The highest BCUT2D eigenvalue weighted by Gasteiger charge is 2.42. The van der Waals surface area contributed by atoms with E-state index in [1.54, 1.807) is 4.31 Å². The largest absolute Gasteiger partial charge is 0.397 e. The number of sulfonamides is 1. The summed E-state index contributed by atoms with van der Waals surface area (Å²) in [5.74, 6) is 0.553. The number of aryl methyl sites for hydroxylation is 2. The lowest BCUT2D eigenvalue weighted by molar-refractivity contribution is 0.388. The first kappa shape index (κ1) is 13.9. The third-order valence-electron chi connectivity index (χ3n) is 4.27. The second-order valence-corrected chi connectivity index (χ2v) is 8.02. The summed E-state index contributed by atoms with van der Waals surface area (Å²) >= 11 is 0. The summed E-state index contributed by atoms with van der Waals surface area (Å²) in [5.41, 5.74) is 8.05. The van der Waals surface area contributed by atoms with Gasteiger partial charge in [-0.3, -0.25) is 0 Å². The molecule has 0 saturated heterocycles. The van der Waals surface area contributed by atoms with Gasteiger partial charge in [-0.2, -0.15) is 4.31 Å². The van der Waals surface area contributed by atoms with Gasteiger partial charge in [0, 0.05) is 12.6 Å². The molecule has 0 bridgehead atoms. The van der Waals surface area contributed by atoms with Crippen molar-refractivity contribution in [3.63, 3.8) is 0 Å². The van der Waals surface area contributed by atoms with E-state index in [9.17, 15) is 8.42 Å². The summed E-state index contributed by atoms with van der Waals surface area (Å²) in [4.78, 5) is 0.324. The third-order valence-corrected chi connectivity index (χ3v) is 6.39. The van der Waals surface area contributed by atoms with Gasteiger partial charge in [0.25, 0.3) is 0 Å². The van der Waals surface area contributed by atoms with Gasteiger partial charge in [-0.1, -0.05) is 12.1 Å². The van der Waals surface area contributed by atoms with Crippen LogP contribution in [0.3, 0.4) is 0 Å². The molecule has 0 atom stereocenters. The van der Waals surface area contributed by atoms with Crippen molar-refractivity contribution in [3.05, 3.63) is 23.3 Å². The summed E-state index contributed by atoms with van der Waals surface area (Å²) in [6.07, 6.45) is 4.27. The maximum absolute atomic E-state index is 13.0. The Bertz CT molecular complexity index is 632. The van der Waals surface area contributed by atoms with Crippen LogP contribution in [0.25, 0.3) is 0 Å². The molecule has 2 N–H and O–H groups in total. The van der Waals surface area contributed by atoms with Crippen LogP contribution in [0.4, 0.5) is 5.69 Å². The summed E-state index contributed by atoms with van der Waals surface area (Å²) in [6, 6.07) is 3.92. The lowest BCUT2D eigenvalue weighted by atomic mass is 10.1. The Labute approximate surface area is 121 Å². The Morgan fingerprint density at radius 2 is 1.75 bits per heavy atom. The molecule has 110 valence electrons. The van der Waals surface area contributed by atoms with E-state index in [-0.39, 0.29) is 6.04 Å². The molecule has 0 amide bonds. The minimum atomic E-state index is -3.47. The fourth-order valence-electron chi connectivity index (χ4n) is 2.63. The zero-order chi connectivity index (χ0) is 14.5. The predicted molar refractivity (Wildman–Crippen MR) is 80.0 cm³/mol. The molecule has 4 nitrogen and oxygen atoms in total. The van der Waals surface area contributed by atoms with Gasteiger partial charge in [0.1, 0.15) is 4.90 Å². The first-order valence-electron chi connectivity index (χ1n) is 7.29. The van der Waals surface area contributed by atoms with E-state index in [2.05, 4.69) is 0 Å². The van der Waals surface area contributed by atoms with Crippen LogP contribution in [0, 0.1) is 19.8 Å². The van der Waals surface area contributed by atoms with Crippen LogP contribution >= 0.6 is 0 Å². The van der Waals surface area contributed by atoms with Crippen LogP contribution in [-0.4, -0.2) is 25.3 Å². The fourth-order valence-corrected chi connectivity index (χ4v) is 4.79. The van der Waals surface area contributed by atoms with Crippen molar-refractivity contribution in [2.75, 3.05) is 12.3 Å². The maximum atomic E-state index is 13.0. The molecule has 20 heavy (non-hydrogen) atoms. The average Bonchev–Trinajstić information content (AvgIpc) is 3.24. The van der Waals surface area contributed by atoms with E-state index in [0.29, 0.717) is 23.0 Å². The van der Waals surface area contributed by atoms with Crippen LogP contribution in [0.1, 0.15) is 36.8 Å². The lowest BCUT2D eigenvalue weighted by Gasteiger charge is -2.24. The van der Waals surface area contributed by atoms with E-state index in [1.165, 1.54) is 0 Å². The second-order valence-electron chi connectivity index (χ2n) is 6.19. The van der Waals surface area contributed by atoms with Gasteiger partial charge < -0.3 is 5.73 Å². The molecule has 0 heterocycles. The molecule has 0 radical (unpaired) electrons. The Kier molecular flexibility index (Phi) is 3.29. The Morgan fingerprint density at radius 1 is 1.15 bits per heavy atom. The van der Waals surface area contributed by atoms with Crippen molar-refractivity contribution in [1.82, 2.24) is 4.31 Å². The summed E-state index contributed by atoms with van der Waals surface area (Å²) in [7, 11) is -3.47. The quantitative estimate of drug-likeness (QED) is 0.848. The second kappa shape index (κ2) is 4.74. The molecular formula is C15H22N2O2S. The monoisotopic (exact) mass is 294 g/mol. The highest BCUT2D eigenvalue weighted by atomic mass is 32.2. The van der Waals surface area contributed by atoms with Gasteiger partial charge in [0.15, 0.2) is 0 Å². The number of hydrogen-bond acceptors (Lipinski definition) is 3. The number of nitrogen functional groups attached to an aromatic ring is 1. The zero-order valence-corrected chi connectivity index (χ0v) is 12.9. The van der Waals surface area contributed by atoms with Crippen LogP contribution in [-0.2, 0) is 10.0 Å². The van der Waals surface area contributed by atoms with Gasteiger partial charge in [0.05, 0.1) is 5.69 Å². The van der Waals surface area contributed by atoms with Crippen molar-refractivity contribution in [2.24, 2.45) is 5.92 Å². The van der Waals surface area contributed by atoms with Gasteiger partial charge in [-0.25, -0.2) is 8.42 Å². The van der Waals surface area contributed by atoms with E-state index >= 15 is 0 Å². The molecule has 0 spiro atoms. The SMILES string of the molecule is Cc1ccc(C)c(S(=O)(=O)N(CC2CC2)C2CC2)c1N. The summed E-state index contributed by atoms with van der Waals surface area (Å²) in [6.45, 7) is 4.35. The van der Waals surface area contributed by atoms with E-state index in [4.69, 9.17) is 5.73 Å². The Balaban J connectivity index is 2.03. The molecular weight excluding hydrogens is 272 g/mol. The summed E-state index contributed by atoms with van der Waals surface area (Å²) < 4.78 is 27.7. The molecule has 2 fully saturated rings. The predicted octanol–water partition coefficient (Wildman–Crippen LogP) is 2.45. The molecule has 5 heteroatoms. The van der Waals surface area contributed by atoms with Crippen LogP contribution in [0.2, 0.25) is 0 Å². The van der Waals surface area contributed by atoms with Gasteiger partial charge in [-0.05, 0) is 56.6 Å². The minimum absolute atomic E-state index is 0.194. The number of anilines is 1. The normalized spacial score (nSPS) is 19.6. The summed E-state index contributed by atoms with van der Waals surface area (Å²) in [5, 5.41) is 0. The molecule has 0 unspecified atom stereocenters. The molecule has 2 saturated carbocycles. The smallest absolute Gasteiger partial charge is 0.245 e.